The fourth-order valence-electron chi connectivity index (χ4n) is 3.68. The Morgan fingerprint density at radius 2 is 1.85 bits per heavy atom. The first-order valence-electron chi connectivity index (χ1n) is 8.93. The minimum Gasteiger partial charge on any atom is -0.371 e. The number of morpholine rings is 1. The molecule has 2 aliphatic heterocycles. The molecule has 2 amide bonds. The number of nitrogens with one attached hydrogen (secondary N) is 1. The number of carbonyl (C=O) groups is 2. The summed E-state index contributed by atoms with van der Waals surface area (Å²) in [5, 5.41) is 3.00. The Bertz CT molecular complexity index is 827. The zero-order valence-electron chi connectivity index (χ0n) is 14.7. The van der Waals surface area contributed by atoms with Crippen LogP contribution < -0.4 is 11.1 Å². The third-order valence-corrected chi connectivity index (χ3v) is 5.06. The minimum absolute atomic E-state index is 0.0261. The van der Waals surface area contributed by atoms with Gasteiger partial charge in [0.25, 0.3) is 11.8 Å². The number of carbonyl (C=O) groups excluding carboxylic acids is 2. The lowest BCUT2D eigenvalue weighted by Crippen LogP contribution is -2.43. The Labute approximate surface area is 156 Å². The fourth-order valence-corrected chi connectivity index (χ4v) is 3.68. The Kier molecular flexibility index (Phi) is 4.83. The third-order valence-electron chi connectivity index (χ3n) is 5.06. The molecule has 2 aromatic rings. The number of ether oxygens (including phenoxy) is 1. The summed E-state index contributed by atoms with van der Waals surface area (Å²) in [5.74, 6) is -0.973. The molecule has 0 saturated carbocycles. The van der Waals surface area contributed by atoms with Crippen molar-refractivity contribution in [2.45, 2.75) is 24.6 Å². The summed E-state index contributed by atoms with van der Waals surface area (Å²) >= 11 is 0. The van der Waals surface area contributed by atoms with Crippen molar-refractivity contribution in [3.8, 4) is 0 Å². The highest BCUT2D eigenvalue weighted by atomic mass is 16.5. The number of hydrogen-bond donors (Lipinski definition) is 2. The number of benzene rings is 1. The van der Waals surface area contributed by atoms with Gasteiger partial charge >= 0.3 is 0 Å². The second kappa shape index (κ2) is 7.42. The van der Waals surface area contributed by atoms with Gasteiger partial charge in [-0.1, -0.05) is 30.3 Å². The lowest BCUT2D eigenvalue weighted by atomic mass is 10.1. The Balaban J connectivity index is 1.35. The van der Waals surface area contributed by atoms with E-state index in [1.807, 2.05) is 18.2 Å². The zero-order chi connectivity index (χ0) is 18.8. The molecule has 0 aliphatic carbocycles. The maximum atomic E-state index is 12.4. The molecule has 140 valence electrons. The molecular weight excluding hydrogens is 346 g/mol. The van der Waals surface area contributed by atoms with Gasteiger partial charge in [0.1, 0.15) is 11.4 Å². The van der Waals surface area contributed by atoms with E-state index in [2.05, 4.69) is 32.3 Å². The zero-order valence-corrected chi connectivity index (χ0v) is 14.7. The Hall–Kier alpha value is -2.84. The molecule has 3 atom stereocenters. The number of rotatable bonds is 4. The van der Waals surface area contributed by atoms with E-state index < -0.39 is 5.91 Å². The summed E-state index contributed by atoms with van der Waals surface area (Å²) in [7, 11) is 0. The molecule has 0 radical (unpaired) electrons. The second-order valence-electron chi connectivity index (χ2n) is 6.90. The van der Waals surface area contributed by atoms with Gasteiger partial charge < -0.3 is 15.8 Å². The molecule has 8 heteroatoms. The first kappa shape index (κ1) is 17.6. The smallest absolute Gasteiger partial charge is 0.271 e. The first-order valence-corrected chi connectivity index (χ1v) is 8.93. The van der Waals surface area contributed by atoms with E-state index >= 15 is 0 Å². The molecule has 3 N–H and O–H groups in total. The largest absolute Gasteiger partial charge is 0.371 e. The van der Waals surface area contributed by atoms with Crippen molar-refractivity contribution in [3.05, 3.63) is 59.7 Å². The molecule has 0 unspecified atom stereocenters. The number of primary amides is 1. The molecule has 8 nitrogen and oxygen atoms in total. The van der Waals surface area contributed by atoms with Crippen LogP contribution in [-0.4, -0.2) is 58.5 Å². The molecule has 0 bridgehead atoms. The number of amides is 2. The summed E-state index contributed by atoms with van der Waals surface area (Å²) < 4.78 is 6.03. The van der Waals surface area contributed by atoms with Crippen molar-refractivity contribution < 1.29 is 14.3 Å². The number of nitrogens with two attached hydrogens (primary N) is 1. The van der Waals surface area contributed by atoms with Crippen LogP contribution in [0.3, 0.4) is 0 Å². The highest BCUT2D eigenvalue weighted by molar-refractivity contribution is 5.93. The second-order valence-corrected chi connectivity index (χ2v) is 6.90. The predicted octanol–water partition coefficient (Wildman–Crippen LogP) is 0.520. The maximum Gasteiger partial charge on any atom is 0.271 e. The van der Waals surface area contributed by atoms with Crippen molar-refractivity contribution in [1.82, 2.24) is 20.2 Å². The number of fused-ring (bicyclic) bond motifs is 1. The monoisotopic (exact) mass is 367 g/mol. The van der Waals surface area contributed by atoms with Crippen molar-refractivity contribution in [2.24, 2.45) is 5.73 Å². The lowest BCUT2D eigenvalue weighted by molar-refractivity contribution is -0.0502. The average Bonchev–Trinajstić information content (AvgIpc) is 3.10. The molecule has 1 aromatic carbocycles. The molecule has 0 spiro atoms. The van der Waals surface area contributed by atoms with E-state index in [0.29, 0.717) is 12.6 Å². The van der Waals surface area contributed by atoms with Gasteiger partial charge in [0, 0.05) is 25.2 Å². The predicted molar refractivity (Wildman–Crippen MR) is 96.9 cm³/mol. The van der Waals surface area contributed by atoms with E-state index in [0.717, 1.165) is 19.5 Å². The van der Waals surface area contributed by atoms with E-state index in [1.54, 1.807) is 0 Å². The summed E-state index contributed by atoms with van der Waals surface area (Å²) in [6, 6.07) is 10.5. The summed E-state index contributed by atoms with van der Waals surface area (Å²) in [5.41, 5.74) is 6.51. The number of aromatic nitrogens is 2. The quantitative estimate of drug-likeness (QED) is 0.815. The van der Waals surface area contributed by atoms with E-state index in [1.165, 1.54) is 18.0 Å². The van der Waals surface area contributed by atoms with Crippen LogP contribution in [0.2, 0.25) is 0 Å². The average molecular weight is 367 g/mol. The van der Waals surface area contributed by atoms with Gasteiger partial charge in [-0.05, 0) is 12.0 Å². The van der Waals surface area contributed by atoms with Crippen molar-refractivity contribution in [3.63, 3.8) is 0 Å². The maximum absolute atomic E-state index is 12.4. The minimum atomic E-state index is -0.671. The SMILES string of the molecule is NC(=O)c1cnc(C(=O)N[C@H]2C[C@H]3CO[C@@H](c4ccccc4)CN3C2)cn1. The van der Waals surface area contributed by atoms with Crippen LogP contribution in [0, 0.1) is 0 Å². The van der Waals surface area contributed by atoms with Crippen LogP contribution >= 0.6 is 0 Å². The van der Waals surface area contributed by atoms with Crippen LogP contribution in [0.15, 0.2) is 42.7 Å². The van der Waals surface area contributed by atoms with Gasteiger partial charge in [0.05, 0.1) is 25.1 Å². The molecule has 27 heavy (non-hydrogen) atoms. The van der Waals surface area contributed by atoms with Crippen LogP contribution in [-0.2, 0) is 4.74 Å². The third kappa shape index (κ3) is 3.81. The summed E-state index contributed by atoms with van der Waals surface area (Å²) in [4.78, 5) is 33.6. The fraction of sp³-hybridized carbons (Fsp3) is 0.368. The van der Waals surface area contributed by atoms with Crippen LogP contribution in [0.5, 0.6) is 0 Å². The lowest BCUT2D eigenvalue weighted by Gasteiger charge is -2.35. The van der Waals surface area contributed by atoms with E-state index in [-0.39, 0.29) is 29.4 Å². The van der Waals surface area contributed by atoms with Crippen molar-refractivity contribution in [1.29, 1.82) is 0 Å². The molecular formula is C19H21N5O3. The summed E-state index contributed by atoms with van der Waals surface area (Å²) in [6.07, 6.45) is 3.38. The summed E-state index contributed by atoms with van der Waals surface area (Å²) in [6.45, 7) is 2.24. The molecule has 2 aliphatic rings. The van der Waals surface area contributed by atoms with Crippen molar-refractivity contribution >= 4 is 11.8 Å². The van der Waals surface area contributed by atoms with E-state index in [9.17, 15) is 9.59 Å². The van der Waals surface area contributed by atoms with Crippen molar-refractivity contribution in [2.75, 3.05) is 19.7 Å². The first-order chi connectivity index (χ1) is 13.1. The van der Waals surface area contributed by atoms with Gasteiger partial charge in [0.2, 0.25) is 0 Å². The van der Waals surface area contributed by atoms with Gasteiger partial charge in [0.15, 0.2) is 0 Å². The van der Waals surface area contributed by atoms with Gasteiger partial charge in [-0.15, -0.1) is 0 Å². The highest BCUT2D eigenvalue weighted by Gasteiger charge is 2.38. The van der Waals surface area contributed by atoms with E-state index in [4.69, 9.17) is 10.5 Å². The molecule has 3 heterocycles. The highest BCUT2D eigenvalue weighted by Crippen LogP contribution is 2.30. The topological polar surface area (TPSA) is 110 Å². The Morgan fingerprint density at radius 3 is 2.56 bits per heavy atom. The van der Waals surface area contributed by atoms with Gasteiger partial charge in [-0.25, -0.2) is 9.97 Å². The standard InChI is InChI=1S/C19H21N5O3/c20-18(25)15-7-22-16(8-21-15)19(26)23-13-6-14-11-27-17(10-24(14)9-13)12-4-2-1-3-5-12/h1-5,7-8,13-14,17H,6,9-11H2,(H2,20,25)(H,23,26)/t13-,14-,17+/m0/s1. The molecule has 2 saturated heterocycles. The van der Waals surface area contributed by atoms with Crippen LogP contribution in [0.25, 0.3) is 0 Å². The number of hydrogen-bond acceptors (Lipinski definition) is 6. The Morgan fingerprint density at radius 1 is 1.11 bits per heavy atom. The molecule has 4 rings (SSSR count). The normalized spacial score (nSPS) is 25.0. The van der Waals surface area contributed by atoms with Gasteiger partial charge in [-0.2, -0.15) is 0 Å². The van der Waals surface area contributed by atoms with Crippen LogP contribution in [0.1, 0.15) is 39.1 Å². The van der Waals surface area contributed by atoms with Crippen LogP contribution in [0.4, 0.5) is 0 Å². The number of nitrogens with zero attached hydrogens (tertiary/aromatic N) is 3. The van der Waals surface area contributed by atoms with Gasteiger partial charge in [-0.3, -0.25) is 14.5 Å². The molecule has 2 fully saturated rings. The molecule has 1 aromatic heterocycles.